The van der Waals surface area contributed by atoms with E-state index in [1.165, 1.54) is 24.3 Å². The van der Waals surface area contributed by atoms with E-state index in [4.69, 9.17) is 11.5 Å². The Hall–Kier alpha value is -2.92. The standard InChI is InChI=1S/C17H19FN6O/c18-11-1-4-13(5-2-11)22-17-14(16(21)25)9-24(23-17)15-6-3-12(20)7-10(15)8-19/h1-2,4-5,9-10,12,15H,3,6-7,20H2,(H2,21,25)(H,22,23)/t10-,12+,15+/m1/s1. The zero-order valence-electron chi connectivity index (χ0n) is 13.5. The molecule has 7 nitrogen and oxygen atoms in total. The maximum atomic E-state index is 13.0. The topological polar surface area (TPSA) is 123 Å². The minimum atomic E-state index is -0.628. The average molecular weight is 342 g/mol. The van der Waals surface area contributed by atoms with Gasteiger partial charge in [0.2, 0.25) is 0 Å². The number of primary amides is 1. The second-order valence-corrected chi connectivity index (χ2v) is 6.24. The van der Waals surface area contributed by atoms with Crippen LogP contribution in [-0.2, 0) is 0 Å². The van der Waals surface area contributed by atoms with Gasteiger partial charge in [-0.2, -0.15) is 10.4 Å². The molecule has 25 heavy (non-hydrogen) atoms. The summed E-state index contributed by atoms with van der Waals surface area (Å²) in [6.45, 7) is 0. The lowest BCUT2D eigenvalue weighted by molar-refractivity contribution is 0.100. The molecule has 0 bridgehead atoms. The van der Waals surface area contributed by atoms with Gasteiger partial charge in [-0.05, 0) is 43.5 Å². The summed E-state index contributed by atoms with van der Waals surface area (Å²) in [5.41, 5.74) is 12.2. The fourth-order valence-electron chi connectivity index (χ4n) is 3.15. The lowest BCUT2D eigenvalue weighted by atomic mass is 9.83. The molecule has 0 spiro atoms. The molecule has 1 saturated carbocycles. The largest absolute Gasteiger partial charge is 0.365 e. The minimum absolute atomic E-state index is 0.00360. The number of nitriles is 1. The van der Waals surface area contributed by atoms with Gasteiger partial charge in [0.05, 0.1) is 18.0 Å². The third-order valence-electron chi connectivity index (χ3n) is 4.46. The van der Waals surface area contributed by atoms with Crippen LogP contribution in [0.25, 0.3) is 0 Å². The molecule has 8 heteroatoms. The summed E-state index contributed by atoms with van der Waals surface area (Å²) in [5.74, 6) is -0.979. The summed E-state index contributed by atoms with van der Waals surface area (Å²) >= 11 is 0. The first kappa shape index (κ1) is 16.9. The van der Waals surface area contributed by atoms with Gasteiger partial charge in [-0.1, -0.05) is 0 Å². The monoisotopic (exact) mass is 342 g/mol. The molecule has 1 aliphatic carbocycles. The number of nitrogens with two attached hydrogens (primary N) is 2. The van der Waals surface area contributed by atoms with Gasteiger partial charge in [-0.25, -0.2) is 4.39 Å². The summed E-state index contributed by atoms with van der Waals surface area (Å²) in [6, 6.07) is 7.80. The first-order valence-corrected chi connectivity index (χ1v) is 8.04. The summed E-state index contributed by atoms with van der Waals surface area (Å²) in [4.78, 5) is 11.7. The van der Waals surface area contributed by atoms with Crippen molar-refractivity contribution in [2.45, 2.75) is 31.3 Å². The molecule has 0 radical (unpaired) electrons. The number of amides is 1. The van der Waals surface area contributed by atoms with Gasteiger partial charge >= 0.3 is 0 Å². The van der Waals surface area contributed by atoms with E-state index in [0.29, 0.717) is 18.5 Å². The zero-order valence-corrected chi connectivity index (χ0v) is 13.5. The van der Waals surface area contributed by atoms with Crippen LogP contribution in [0.2, 0.25) is 0 Å². The number of hydrogen-bond acceptors (Lipinski definition) is 5. The van der Waals surface area contributed by atoms with E-state index < -0.39 is 5.91 Å². The first-order chi connectivity index (χ1) is 12.0. The molecule has 0 saturated heterocycles. The van der Waals surface area contributed by atoms with Crippen molar-refractivity contribution in [1.82, 2.24) is 9.78 Å². The number of nitrogens with zero attached hydrogens (tertiary/aromatic N) is 3. The third-order valence-corrected chi connectivity index (χ3v) is 4.46. The molecule has 1 fully saturated rings. The van der Waals surface area contributed by atoms with E-state index in [-0.39, 0.29) is 35.2 Å². The number of carbonyl (C=O) groups excluding carboxylic acids is 1. The molecule has 0 aliphatic heterocycles. The van der Waals surface area contributed by atoms with E-state index in [1.54, 1.807) is 10.9 Å². The molecular formula is C17H19FN6O. The van der Waals surface area contributed by atoms with E-state index in [2.05, 4.69) is 16.5 Å². The Balaban J connectivity index is 1.90. The van der Waals surface area contributed by atoms with Gasteiger partial charge in [0.25, 0.3) is 5.91 Å². The predicted molar refractivity (Wildman–Crippen MR) is 90.4 cm³/mol. The van der Waals surface area contributed by atoms with E-state index in [0.717, 1.165) is 6.42 Å². The van der Waals surface area contributed by atoms with Gasteiger partial charge in [0.15, 0.2) is 5.82 Å². The molecule has 1 heterocycles. The van der Waals surface area contributed by atoms with Crippen molar-refractivity contribution in [1.29, 1.82) is 5.26 Å². The number of halogens is 1. The van der Waals surface area contributed by atoms with E-state index in [9.17, 15) is 14.4 Å². The van der Waals surface area contributed by atoms with Crippen LogP contribution in [0.1, 0.15) is 35.7 Å². The number of anilines is 2. The van der Waals surface area contributed by atoms with Gasteiger partial charge in [-0.3, -0.25) is 9.48 Å². The van der Waals surface area contributed by atoms with Crippen LogP contribution in [-0.4, -0.2) is 21.7 Å². The Bertz CT molecular complexity index is 810. The summed E-state index contributed by atoms with van der Waals surface area (Å²) in [5, 5.41) is 16.8. The Kier molecular flexibility index (Phi) is 4.67. The highest BCUT2D eigenvalue weighted by Gasteiger charge is 2.32. The Morgan fingerprint density at radius 2 is 2.08 bits per heavy atom. The van der Waals surface area contributed by atoms with Gasteiger partial charge in [0.1, 0.15) is 11.4 Å². The SMILES string of the molecule is N#C[C@H]1C[C@@H](N)CC[C@@H]1n1cc(C(N)=O)c(Nc2ccc(F)cc2)n1. The summed E-state index contributed by atoms with van der Waals surface area (Å²) < 4.78 is 14.6. The van der Waals surface area contributed by atoms with Crippen LogP contribution in [0.4, 0.5) is 15.9 Å². The molecule has 3 rings (SSSR count). The second kappa shape index (κ2) is 6.91. The number of benzene rings is 1. The van der Waals surface area contributed by atoms with Crippen molar-refractivity contribution in [3.05, 3.63) is 41.8 Å². The van der Waals surface area contributed by atoms with E-state index in [1.807, 2.05) is 0 Å². The highest BCUT2D eigenvalue weighted by atomic mass is 19.1. The van der Waals surface area contributed by atoms with Crippen LogP contribution in [0.15, 0.2) is 30.5 Å². The molecule has 2 aromatic rings. The maximum absolute atomic E-state index is 13.0. The average Bonchev–Trinajstić information content (AvgIpc) is 3.00. The number of rotatable bonds is 4. The maximum Gasteiger partial charge on any atom is 0.254 e. The molecule has 130 valence electrons. The van der Waals surface area contributed by atoms with Crippen LogP contribution in [0.3, 0.4) is 0 Å². The smallest absolute Gasteiger partial charge is 0.254 e. The van der Waals surface area contributed by atoms with Gasteiger partial charge in [-0.15, -0.1) is 0 Å². The minimum Gasteiger partial charge on any atom is -0.365 e. The summed E-state index contributed by atoms with van der Waals surface area (Å²) in [7, 11) is 0. The van der Waals surface area contributed by atoms with Gasteiger partial charge < -0.3 is 16.8 Å². The van der Waals surface area contributed by atoms with Crippen LogP contribution in [0, 0.1) is 23.1 Å². The van der Waals surface area contributed by atoms with Crippen molar-refractivity contribution < 1.29 is 9.18 Å². The molecule has 5 N–H and O–H groups in total. The predicted octanol–water partition coefficient (Wildman–Crippen LogP) is 2.06. The molecule has 1 amide bonds. The first-order valence-electron chi connectivity index (χ1n) is 8.04. The van der Waals surface area contributed by atoms with Gasteiger partial charge in [0, 0.05) is 17.9 Å². The quantitative estimate of drug-likeness (QED) is 0.785. The number of hydrogen-bond donors (Lipinski definition) is 3. The lowest BCUT2D eigenvalue weighted by Gasteiger charge is -2.30. The van der Waals surface area contributed by atoms with Crippen molar-refractivity contribution in [2.75, 3.05) is 5.32 Å². The Labute approximate surface area is 144 Å². The Morgan fingerprint density at radius 3 is 2.72 bits per heavy atom. The molecule has 0 unspecified atom stereocenters. The highest BCUT2D eigenvalue weighted by Crippen LogP contribution is 2.34. The highest BCUT2D eigenvalue weighted by molar-refractivity contribution is 5.98. The fourth-order valence-corrected chi connectivity index (χ4v) is 3.15. The molecule has 1 aromatic heterocycles. The number of nitrogens with one attached hydrogen (secondary N) is 1. The number of aromatic nitrogens is 2. The molecule has 1 aliphatic rings. The zero-order chi connectivity index (χ0) is 18.0. The molecule has 1 aromatic carbocycles. The van der Waals surface area contributed by atoms with Crippen LogP contribution in [0.5, 0.6) is 0 Å². The van der Waals surface area contributed by atoms with Crippen molar-refractivity contribution >= 4 is 17.4 Å². The van der Waals surface area contributed by atoms with Crippen molar-refractivity contribution in [3.63, 3.8) is 0 Å². The molecule has 3 atom stereocenters. The van der Waals surface area contributed by atoms with Crippen molar-refractivity contribution in [3.8, 4) is 6.07 Å². The fraction of sp³-hybridized carbons (Fsp3) is 0.353. The van der Waals surface area contributed by atoms with Crippen molar-refractivity contribution in [2.24, 2.45) is 17.4 Å². The third kappa shape index (κ3) is 3.61. The van der Waals surface area contributed by atoms with E-state index >= 15 is 0 Å². The molecular weight excluding hydrogens is 323 g/mol. The normalized spacial score (nSPS) is 23.0. The second-order valence-electron chi connectivity index (χ2n) is 6.24. The van der Waals surface area contributed by atoms with Crippen LogP contribution >= 0.6 is 0 Å². The number of carbonyl (C=O) groups is 1. The Morgan fingerprint density at radius 1 is 1.36 bits per heavy atom. The lowest BCUT2D eigenvalue weighted by Crippen LogP contribution is -2.34. The van der Waals surface area contributed by atoms with Crippen LogP contribution < -0.4 is 16.8 Å². The summed E-state index contributed by atoms with van der Waals surface area (Å²) in [6.07, 6.45) is 3.64.